The molecule has 1 aliphatic rings. The fourth-order valence-corrected chi connectivity index (χ4v) is 4.87. The Morgan fingerprint density at radius 3 is 2.73 bits per heavy atom. The lowest BCUT2D eigenvalue weighted by atomic mass is 10.2. The van der Waals surface area contributed by atoms with Gasteiger partial charge in [0.05, 0.1) is 23.9 Å². The van der Waals surface area contributed by atoms with E-state index in [2.05, 4.69) is 15.3 Å². The van der Waals surface area contributed by atoms with Crippen LogP contribution >= 0.6 is 11.6 Å². The summed E-state index contributed by atoms with van der Waals surface area (Å²) in [4.78, 5) is 22.6. The highest BCUT2D eigenvalue weighted by atomic mass is 35.5. The summed E-state index contributed by atoms with van der Waals surface area (Å²) in [5.74, 6) is 0.302. The van der Waals surface area contributed by atoms with Gasteiger partial charge in [-0.25, -0.2) is 18.4 Å². The lowest BCUT2D eigenvalue weighted by Gasteiger charge is -2.26. The first-order chi connectivity index (χ1) is 12.4. The molecule has 0 spiro atoms. The highest BCUT2D eigenvalue weighted by Gasteiger charge is 2.34. The summed E-state index contributed by atoms with van der Waals surface area (Å²) >= 11 is 5.94. The maximum atomic E-state index is 12.7. The standard InChI is InChI=1S/C17H19ClN4O3S/c1-2-22(14-6-7-26(24,25)11-14)17(23)15-9-20-16(10-19-15)21-13-5-3-4-12(18)8-13/h3-5,8-10,14H,2,6-7,11H2,1H3,(H,20,21). The number of anilines is 2. The molecule has 1 fully saturated rings. The largest absolute Gasteiger partial charge is 0.339 e. The van der Waals surface area contributed by atoms with E-state index in [-0.39, 0.29) is 29.1 Å². The van der Waals surface area contributed by atoms with Crippen LogP contribution in [0.3, 0.4) is 0 Å². The summed E-state index contributed by atoms with van der Waals surface area (Å²) < 4.78 is 23.4. The average molecular weight is 395 g/mol. The van der Waals surface area contributed by atoms with Gasteiger partial charge in [-0.2, -0.15) is 0 Å². The van der Waals surface area contributed by atoms with Gasteiger partial charge in [-0.15, -0.1) is 0 Å². The van der Waals surface area contributed by atoms with E-state index in [9.17, 15) is 13.2 Å². The van der Waals surface area contributed by atoms with Crippen molar-refractivity contribution in [3.63, 3.8) is 0 Å². The van der Waals surface area contributed by atoms with Crippen LogP contribution in [0.15, 0.2) is 36.7 Å². The molecule has 1 aromatic heterocycles. The number of hydrogen-bond donors (Lipinski definition) is 1. The Balaban J connectivity index is 1.71. The zero-order valence-electron chi connectivity index (χ0n) is 14.2. The fourth-order valence-electron chi connectivity index (χ4n) is 2.95. The highest BCUT2D eigenvalue weighted by molar-refractivity contribution is 7.91. The van der Waals surface area contributed by atoms with Crippen LogP contribution < -0.4 is 5.32 Å². The third kappa shape index (κ3) is 4.31. The molecule has 26 heavy (non-hydrogen) atoms. The van der Waals surface area contributed by atoms with Crippen LogP contribution in [-0.4, -0.2) is 53.3 Å². The second kappa shape index (κ2) is 7.59. The molecule has 1 aliphatic heterocycles. The van der Waals surface area contributed by atoms with Crippen molar-refractivity contribution in [3.8, 4) is 0 Å². The third-order valence-corrected chi connectivity index (χ3v) is 6.20. The van der Waals surface area contributed by atoms with Gasteiger partial charge in [0.25, 0.3) is 5.91 Å². The second-order valence-electron chi connectivity index (χ2n) is 6.07. The summed E-state index contributed by atoms with van der Waals surface area (Å²) in [6.45, 7) is 2.24. The van der Waals surface area contributed by atoms with Crippen molar-refractivity contribution in [2.24, 2.45) is 0 Å². The predicted octanol–water partition coefficient (Wildman–Crippen LogP) is 2.52. The highest BCUT2D eigenvalue weighted by Crippen LogP contribution is 2.21. The number of carbonyl (C=O) groups excluding carboxylic acids is 1. The number of halogens is 1. The number of sulfone groups is 1. The van der Waals surface area contributed by atoms with E-state index in [1.807, 2.05) is 19.1 Å². The van der Waals surface area contributed by atoms with Crippen LogP contribution in [0.4, 0.5) is 11.5 Å². The summed E-state index contributed by atoms with van der Waals surface area (Å²) in [6, 6.07) is 6.87. The smallest absolute Gasteiger partial charge is 0.274 e. The Morgan fingerprint density at radius 2 is 2.15 bits per heavy atom. The summed E-state index contributed by atoms with van der Waals surface area (Å²) in [5.41, 5.74) is 0.949. The van der Waals surface area contributed by atoms with E-state index in [1.54, 1.807) is 17.0 Å². The molecule has 7 nitrogen and oxygen atoms in total. The number of nitrogens with zero attached hydrogens (tertiary/aromatic N) is 3. The molecule has 0 bridgehead atoms. The van der Waals surface area contributed by atoms with Gasteiger partial charge in [-0.05, 0) is 31.5 Å². The Kier molecular flexibility index (Phi) is 5.43. The molecule has 3 rings (SSSR count). The monoisotopic (exact) mass is 394 g/mol. The lowest BCUT2D eigenvalue weighted by Crippen LogP contribution is -2.41. The normalized spacial score (nSPS) is 18.5. The predicted molar refractivity (Wildman–Crippen MR) is 101 cm³/mol. The van der Waals surface area contributed by atoms with Gasteiger partial charge in [-0.3, -0.25) is 4.79 Å². The molecule has 2 heterocycles. The third-order valence-electron chi connectivity index (χ3n) is 4.22. The minimum absolute atomic E-state index is 0.00835. The first-order valence-corrected chi connectivity index (χ1v) is 10.4. The van der Waals surface area contributed by atoms with Crippen LogP contribution in [0.2, 0.25) is 5.02 Å². The minimum Gasteiger partial charge on any atom is -0.339 e. The topological polar surface area (TPSA) is 92.3 Å². The summed E-state index contributed by atoms with van der Waals surface area (Å²) in [7, 11) is -3.06. The molecule has 0 saturated carbocycles. The molecule has 1 saturated heterocycles. The van der Waals surface area contributed by atoms with Crippen molar-refractivity contribution < 1.29 is 13.2 Å². The van der Waals surface area contributed by atoms with Crippen LogP contribution in [0.5, 0.6) is 0 Å². The van der Waals surface area contributed by atoms with E-state index in [1.165, 1.54) is 12.4 Å². The fraction of sp³-hybridized carbons (Fsp3) is 0.353. The van der Waals surface area contributed by atoms with Crippen molar-refractivity contribution in [1.29, 1.82) is 0 Å². The zero-order chi connectivity index (χ0) is 18.7. The van der Waals surface area contributed by atoms with Crippen LogP contribution in [0, 0.1) is 0 Å². The average Bonchev–Trinajstić information content (AvgIpc) is 2.96. The van der Waals surface area contributed by atoms with Crippen molar-refractivity contribution in [1.82, 2.24) is 14.9 Å². The maximum absolute atomic E-state index is 12.7. The quantitative estimate of drug-likeness (QED) is 0.837. The van der Waals surface area contributed by atoms with Gasteiger partial charge in [0.15, 0.2) is 9.84 Å². The number of nitrogens with one attached hydrogen (secondary N) is 1. The van der Waals surface area contributed by atoms with Gasteiger partial charge in [0, 0.05) is 23.3 Å². The van der Waals surface area contributed by atoms with Crippen molar-refractivity contribution in [2.45, 2.75) is 19.4 Å². The van der Waals surface area contributed by atoms with Gasteiger partial charge in [0.1, 0.15) is 11.5 Å². The van der Waals surface area contributed by atoms with E-state index in [0.717, 1.165) is 5.69 Å². The minimum atomic E-state index is -3.06. The van der Waals surface area contributed by atoms with E-state index < -0.39 is 9.84 Å². The Hall–Kier alpha value is -2.19. The number of aromatic nitrogens is 2. The van der Waals surface area contributed by atoms with E-state index >= 15 is 0 Å². The van der Waals surface area contributed by atoms with Crippen LogP contribution in [0.25, 0.3) is 0 Å². The molecule has 138 valence electrons. The molecule has 1 aromatic carbocycles. The van der Waals surface area contributed by atoms with E-state index in [0.29, 0.717) is 23.8 Å². The van der Waals surface area contributed by atoms with Crippen molar-refractivity contribution in [3.05, 3.63) is 47.4 Å². The van der Waals surface area contributed by atoms with Gasteiger partial charge < -0.3 is 10.2 Å². The first kappa shape index (κ1) is 18.6. The van der Waals surface area contributed by atoms with Gasteiger partial charge in [0.2, 0.25) is 0 Å². The maximum Gasteiger partial charge on any atom is 0.274 e. The number of hydrogen-bond acceptors (Lipinski definition) is 6. The summed E-state index contributed by atoms with van der Waals surface area (Å²) in [6.07, 6.45) is 3.32. The van der Waals surface area contributed by atoms with E-state index in [4.69, 9.17) is 11.6 Å². The molecular formula is C17H19ClN4O3S. The Labute approximate surface area is 157 Å². The lowest BCUT2D eigenvalue weighted by molar-refractivity contribution is 0.0702. The molecule has 1 N–H and O–H groups in total. The number of rotatable bonds is 5. The summed E-state index contributed by atoms with van der Waals surface area (Å²) in [5, 5.41) is 3.65. The molecule has 0 aliphatic carbocycles. The second-order valence-corrected chi connectivity index (χ2v) is 8.74. The number of carbonyl (C=O) groups is 1. The zero-order valence-corrected chi connectivity index (χ0v) is 15.8. The number of benzene rings is 1. The van der Waals surface area contributed by atoms with Crippen LogP contribution in [0.1, 0.15) is 23.8 Å². The molecular weight excluding hydrogens is 376 g/mol. The molecule has 1 atom stereocenters. The molecule has 9 heteroatoms. The van der Waals surface area contributed by atoms with Crippen molar-refractivity contribution in [2.75, 3.05) is 23.4 Å². The SMILES string of the molecule is CCN(C(=O)c1cnc(Nc2cccc(Cl)c2)cn1)C1CCS(=O)(=O)C1. The van der Waals surface area contributed by atoms with Crippen molar-refractivity contribution >= 4 is 38.9 Å². The Morgan fingerprint density at radius 1 is 1.35 bits per heavy atom. The molecule has 1 amide bonds. The Bertz CT molecular complexity index is 902. The molecule has 2 aromatic rings. The number of amides is 1. The van der Waals surface area contributed by atoms with Gasteiger partial charge >= 0.3 is 0 Å². The molecule has 0 radical (unpaired) electrons. The van der Waals surface area contributed by atoms with Crippen LogP contribution in [-0.2, 0) is 9.84 Å². The van der Waals surface area contributed by atoms with Gasteiger partial charge in [-0.1, -0.05) is 17.7 Å². The molecule has 1 unspecified atom stereocenters. The first-order valence-electron chi connectivity index (χ1n) is 8.24.